The lowest BCUT2D eigenvalue weighted by atomic mass is 9.88. The van der Waals surface area contributed by atoms with E-state index in [0.29, 0.717) is 17.9 Å². The van der Waals surface area contributed by atoms with Gasteiger partial charge in [-0.2, -0.15) is 0 Å². The maximum Gasteiger partial charge on any atom is 0.261 e. The molecule has 0 spiro atoms. The Bertz CT molecular complexity index is 802. The highest BCUT2D eigenvalue weighted by molar-refractivity contribution is 5.81. The Hall–Kier alpha value is -2.49. The summed E-state index contributed by atoms with van der Waals surface area (Å²) in [6.07, 6.45) is 5.77. The first kappa shape index (κ1) is 20.2. The van der Waals surface area contributed by atoms with Gasteiger partial charge in [0.2, 0.25) is 0 Å². The maximum absolute atomic E-state index is 12.9. The number of aryl methyl sites for hydroxylation is 2. The zero-order chi connectivity index (χ0) is 19.9. The quantitative estimate of drug-likeness (QED) is 0.700. The lowest BCUT2D eigenvalue weighted by molar-refractivity contribution is -0.129. The molecule has 1 N–H and O–H groups in total. The van der Waals surface area contributed by atoms with Crippen molar-refractivity contribution in [2.45, 2.75) is 64.5 Å². The van der Waals surface area contributed by atoms with Crippen LogP contribution in [0, 0.1) is 0 Å². The van der Waals surface area contributed by atoms with Crippen molar-refractivity contribution < 1.29 is 14.3 Å². The van der Waals surface area contributed by atoms with E-state index in [4.69, 9.17) is 9.47 Å². The predicted molar refractivity (Wildman–Crippen MR) is 112 cm³/mol. The topological polar surface area (TPSA) is 47.6 Å². The van der Waals surface area contributed by atoms with Gasteiger partial charge in [0, 0.05) is 6.07 Å². The summed E-state index contributed by atoms with van der Waals surface area (Å²) in [6, 6.07) is 14.1. The number of carbonyl (C=O) groups is 1. The van der Waals surface area contributed by atoms with E-state index in [1.54, 1.807) is 13.2 Å². The maximum atomic E-state index is 12.9. The van der Waals surface area contributed by atoms with E-state index >= 15 is 0 Å². The first-order valence-electron chi connectivity index (χ1n) is 10.4. The fourth-order valence-electron chi connectivity index (χ4n) is 3.82. The summed E-state index contributed by atoms with van der Waals surface area (Å²) in [5.74, 6) is 1.28. The Morgan fingerprint density at radius 2 is 1.75 bits per heavy atom. The fourth-order valence-corrected chi connectivity index (χ4v) is 3.82. The van der Waals surface area contributed by atoms with Crippen LogP contribution >= 0.6 is 0 Å². The van der Waals surface area contributed by atoms with Gasteiger partial charge in [-0.15, -0.1) is 0 Å². The van der Waals surface area contributed by atoms with Crippen LogP contribution in [0.3, 0.4) is 0 Å². The summed E-state index contributed by atoms with van der Waals surface area (Å²) >= 11 is 0. The summed E-state index contributed by atoms with van der Waals surface area (Å²) in [5.41, 5.74) is 4.09. The third kappa shape index (κ3) is 4.86. The van der Waals surface area contributed by atoms with Crippen molar-refractivity contribution in [1.29, 1.82) is 0 Å². The standard InChI is InChI=1S/C24H31NO3/c1-4-22(19-14-13-17-9-6-7-10-18(17)15-19)25-24(26)23(5-2)28-21-12-8-11-20(16-21)27-3/h8,11-16,22-23H,4-7,9-10H2,1-3H3,(H,25,26)/t22-,23-/m1/s1. The Morgan fingerprint density at radius 1 is 1.00 bits per heavy atom. The van der Waals surface area contributed by atoms with Crippen LogP contribution < -0.4 is 14.8 Å². The third-order valence-corrected chi connectivity index (χ3v) is 5.48. The number of rotatable bonds is 8. The molecule has 4 nitrogen and oxygen atoms in total. The molecule has 2 atom stereocenters. The summed E-state index contributed by atoms with van der Waals surface area (Å²) in [6.45, 7) is 4.07. The van der Waals surface area contributed by atoms with E-state index in [1.165, 1.54) is 36.0 Å². The molecular formula is C24H31NO3. The van der Waals surface area contributed by atoms with Crippen molar-refractivity contribution in [1.82, 2.24) is 5.32 Å². The van der Waals surface area contributed by atoms with Gasteiger partial charge in [-0.1, -0.05) is 38.1 Å². The van der Waals surface area contributed by atoms with Gasteiger partial charge >= 0.3 is 0 Å². The van der Waals surface area contributed by atoms with Crippen molar-refractivity contribution in [2.24, 2.45) is 0 Å². The number of hydrogen-bond acceptors (Lipinski definition) is 3. The van der Waals surface area contributed by atoms with E-state index in [0.717, 1.165) is 12.8 Å². The molecule has 0 unspecified atom stereocenters. The van der Waals surface area contributed by atoms with Crippen molar-refractivity contribution in [3.8, 4) is 11.5 Å². The summed E-state index contributed by atoms with van der Waals surface area (Å²) in [5, 5.41) is 3.19. The summed E-state index contributed by atoms with van der Waals surface area (Å²) < 4.78 is 11.2. The number of fused-ring (bicyclic) bond motifs is 1. The SMILES string of the molecule is CC[C@@H](Oc1cccc(OC)c1)C(=O)N[C@H](CC)c1ccc2c(c1)CCCC2. The van der Waals surface area contributed by atoms with Crippen LogP contribution in [-0.2, 0) is 17.6 Å². The van der Waals surface area contributed by atoms with Gasteiger partial charge < -0.3 is 14.8 Å². The smallest absolute Gasteiger partial charge is 0.261 e. The lowest BCUT2D eigenvalue weighted by Crippen LogP contribution is -2.40. The van der Waals surface area contributed by atoms with Crippen LogP contribution in [0.2, 0.25) is 0 Å². The molecule has 0 radical (unpaired) electrons. The highest BCUT2D eigenvalue weighted by Gasteiger charge is 2.23. The van der Waals surface area contributed by atoms with E-state index in [1.807, 2.05) is 25.1 Å². The third-order valence-electron chi connectivity index (χ3n) is 5.48. The minimum atomic E-state index is -0.529. The summed E-state index contributed by atoms with van der Waals surface area (Å²) in [4.78, 5) is 12.9. The molecule has 0 saturated carbocycles. The van der Waals surface area contributed by atoms with Gasteiger partial charge in [0.05, 0.1) is 13.2 Å². The second-order valence-corrected chi connectivity index (χ2v) is 7.40. The van der Waals surface area contributed by atoms with Crippen molar-refractivity contribution >= 4 is 5.91 Å². The van der Waals surface area contributed by atoms with Gasteiger partial charge in [-0.25, -0.2) is 0 Å². The average molecular weight is 382 g/mol. The Morgan fingerprint density at radius 3 is 2.46 bits per heavy atom. The number of ether oxygens (including phenoxy) is 2. The van der Waals surface area contributed by atoms with Gasteiger partial charge in [0.25, 0.3) is 5.91 Å². The molecule has 1 aliphatic rings. The van der Waals surface area contributed by atoms with Gasteiger partial charge in [-0.3, -0.25) is 4.79 Å². The zero-order valence-corrected chi connectivity index (χ0v) is 17.2. The number of benzene rings is 2. The first-order valence-corrected chi connectivity index (χ1v) is 10.4. The first-order chi connectivity index (χ1) is 13.6. The van der Waals surface area contributed by atoms with Crippen LogP contribution in [0.15, 0.2) is 42.5 Å². The molecule has 28 heavy (non-hydrogen) atoms. The van der Waals surface area contributed by atoms with Crippen molar-refractivity contribution in [3.05, 3.63) is 59.2 Å². The summed E-state index contributed by atoms with van der Waals surface area (Å²) in [7, 11) is 1.62. The highest BCUT2D eigenvalue weighted by atomic mass is 16.5. The Kier molecular flexibility index (Phi) is 6.96. The number of amides is 1. The molecule has 0 saturated heterocycles. The molecule has 150 valence electrons. The molecule has 1 aliphatic carbocycles. The molecule has 2 aromatic rings. The van der Waals surface area contributed by atoms with E-state index in [-0.39, 0.29) is 11.9 Å². The van der Waals surface area contributed by atoms with Gasteiger partial charge in [-0.05, 0) is 67.3 Å². The van der Waals surface area contributed by atoms with Crippen molar-refractivity contribution in [2.75, 3.05) is 7.11 Å². The monoisotopic (exact) mass is 381 g/mol. The molecule has 0 fully saturated rings. The fraction of sp³-hybridized carbons (Fsp3) is 0.458. The minimum Gasteiger partial charge on any atom is -0.497 e. The Balaban J connectivity index is 1.69. The highest BCUT2D eigenvalue weighted by Crippen LogP contribution is 2.26. The minimum absolute atomic E-state index is 0.00249. The molecule has 4 heteroatoms. The van der Waals surface area contributed by atoms with Crippen LogP contribution in [0.5, 0.6) is 11.5 Å². The average Bonchev–Trinajstić information content (AvgIpc) is 2.75. The van der Waals surface area contributed by atoms with Crippen LogP contribution in [-0.4, -0.2) is 19.1 Å². The second kappa shape index (κ2) is 9.63. The molecule has 0 bridgehead atoms. The molecule has 0 aliphatic heterocycles. The van der Waals surface area contributed by atoms with E-state index in [2.05, 4.69) is 30.4 Å². The van der Waals surface area contributed by atoms with E-state index in [9.17, 15) is 4.79 Å². The molecular weight excluding hydrogens is 350 g/mol. The molecule has 2 aromatic carbocycles. The molecule has 1 amide bonds. The largest absolute Gasteiger partial charge is 0.497 e. The zero-order valence-electron chi connectivity index (χ0n) is 17.2. The van der Waals surface area contributed by atoms with Gasteiger partial charge in [0.1, 0.15) is 11.5 Å². The predicted octanol–water partition coefficient (Wildman–Crippen LogP) is 5.00. The Labute approximate surface area is 168 Å². The normalized spacial score (nSPS) is 15.2. The lowest BCUT2D eigenvalue weighted by Gasteiger charge is -2.24. The number of hydrogen-bond donors (Lipinski definition) is 1. The van der Waals surface area contributed by atoms with Crippen molar-refractivity contribution in [3.63, 3.8) is 0 Å². The van der Waals surface area contributed by atoms with Crippen LogP contribution in [0.25, 0.3) is 0 Å². The molecule has 0 heterocycles. The number of nitrogens with one attached hydrogen (secondary N) is 1. The van der Waals surface area contributed by atoms with E-state index < -0.39 is 6.10 Å². The number of methoxy groups -OCH3 is 1. The number of carbonyl (C=O) groups excluding carboxylic acids is 1. The second-order valence-electron chi connectivity index (χ2n) is 7.40. The van der Waals surface area contributed by atoms with Crippen LogP contribution in [0.4, 0.5) is 0 Å². The van der Waals surface area contributed by atoms with Gasteiger partial charge in [0.15, 0.2) is 6.10 Å². The molecule has 3 rings (SSSR count). The van der Waals surface area contributed by atoms with Crippen LogP contribution in [0.1, 0.15) is 62.3 Å². The molecule has 0 aromatic heterocycles.